The van der Waals surface area contributed by atoms with Crippen molar-refractivity contribution in [2.45, 2.75) is 38.6 Å². The second-order valence-corrected chi connectivity index (χ2v) is 7.97. The fraction of sp³-hybridized carbons (Fsp3) is 0.619. The van der Waals surface area contributed by atoms with Crippen molar-refractivity contribution in [2.75, 3.05) is 27.7 Å². The van der Waals surface area contributed by atoms with E-state index in [1.54, 1.807) is 19.0 Å². The Morgan fingerprint density at radius 2 is 1.89 bits per heavy atom. The first kappa shape index (κ1) is 22.0. The highest BCUT2D eigenvalue weighted by atomic mass is 127. The van der Waals surface area contributed by atoms with Gasteiger partial charge in [0.25, 0.3) is 5.91 Å². The van der Waals surface area contributed by atoms with E-state index in [4.69, 9.17) is 0 Å². The van der Waals surface area contributed by atoms with Gasteiger partial charge in [-0.1, -0.05) is 18.6 Å². The smallest absolute Gasteiger partial charge is 0.253 e. The SMILES string of the molecule is CN=C(NCCC1CC2CCC1C2)NCc1ccc(C(=O)N(C)C)cc1.I. The van der Waals surface area contributed by atoms with Crippen LogP contribution in [0.3, 0.4) is 0 Å². The average Bonchev–Trinajstić information content (AvgIpc) is 3.27. The van der Waals surface area contributed by atoms with Gasteiger partial charge in [-0.2, -0.15) is 0 Å². The molecule has 0 aromatic heterocycles. The quantitative estimate of drug-likeness (QED) is 0.369. The van der Waals surface area contributed by atoms with Crippen LogP contribution in [-0.2, 0) is 6.54 Å². The van der Waals surface area contributed by atoms with Crippen LogP contribution in [0.25, 0.3) is 0 Å². The van der Waals surface area contributed by atoms with E-state index in [0.717, 1.165) is 35.8 Å². The second-order valence-electron chi connectivity index (χ2n) is 7.97. The van der Waals surface area contributed by atoms with Crippen molar-refractivity contribution in [3.05, 3.63) is 35.4 Å². The molecule has 1 aromatic carbocycles. The third-order valence-corrected chi connectivity index (χ3v) is 5.98. The van der Waals surface area contributed by atoms with Gasteiger partial charge in [0.2, 0.25) is 0 Å². The zero-order chi connectivity index (χ0) is 18.5. The monoisotopic (exact) mass is 484 g/mol. The molecular formula is C21H33IN4O. The van der Waals surface area contributed by atoms with Crippen LogP contribution in [-0.4, -0.2) is 44.5 Å². The lowest BCUT2D eigenvalue weighted by Gasteiger charge is -2.22. The summed E-state index contributed by atoms with van der Waals surface area (Å²) in [5.41, 5.74) is 1.85. The number of hydrogen-bond acceptors (Lipinski definition) is 2. The average molecular weight is 484 g/mol. The van der Waals surface area contributed by atoms with E-state index >= 15 is 0 Å². The van der Waals surface area contributed by atoms with E-state index in [9.17, 15) is 4.79 Å². The van der Waals surface area contributed by atoms with E-state index in [1.807, 2.05) is 31.3 Å². The zero-order valence-corrected chi connectivity index (χ0v) is 19.0. The summed E-state index contributed by atoms with van der Waals surface area (Å²) in [6.45, 7) is 1.69. The van der Waals surface area contributed by atoms with Crippen molar-refractivity contribution in [3.8, 4) is 0 Å². The fourth-order valence-corrected chi connectivity index (χ4v) is 4.54. The molecule has 0 heterocycles. The highest BCUT2D eigenvalue weighted by Crippen LogP contribution is 2.49. The minimum Gasteiger partial charge on any atom is -0.356 e. The Morgan fingerprint density at radius 1 is 1.15 bits per heavy atom. The van der Waals surface area contributed by atoms with Crippen LogP contribution in [0.15, 0.2) is 29.3 Å². The second kappa shape index (κ2) is 10.3. The fourth-order valence-electron chi connectivity index (χ4n) is 4.54. The first-order chi connectivity index (χ1) is 12.6. The molecule has 3 atom stereocenters. The van der Waals surface area contributed by atoms with Gasteiger partial charge in [0.05, 0.1) is 0 Å². The predicted octanol–water partition coefficient (Wildman–Crippen LogP) is 3.50. The number of fused-ring (bicyclic) bond motifs is 2. The van der Waals surface area contributed by atoms with Crippen molar-refractivity contribution in [1.82, 2.24) is 15.5 Å². The number of benzene rings is 1. The number of hydrogen-bond donors (Lipinski definition) is 2. The molecule has 2 aliphatic rings. The summed E-state index contributed by atoms with van der Waals surface area (Å²) in [6.07, 6.45) is 7.09. The van der Waals surface area contributed by atoms with Gasteiger partial charge in [0, 0.05) is 39.8 Å². The molecule has 3 rings (SSSR count). The maximum absolute atomic E-state index is 11.9. The standard InChI is InChI=1S/C21H32N4O.HI/c1-22-21(23-11-10-19-13-16-6-9-18(19)12-16)24-14-15-4-7-17(8-5-15)20(26)25(2)3;/h4-5,7-8,16,18-19H,6,9-14H2,1-3H3,(H2,22,23,24);1H. The number of rotatable bonds is 6. The zero-order valence-electron chi connectivity index (χ0n) is 16.7. The highest BCUT2D eigenvalue weighted by molar-refractivity contribution is 14.0. The van der Waals surface area contributed by atoms with E-state index < -0.39 is 0 Å². The topological polar surface area (TPSA) is 56.7 Å². The van der Waals surface area contributed by atoms with E-state index in [1.165, 1.54) is 32.1 Å². The highest BCUT2D eigenvalue weighted by Gasteiger charge is 2.38. The molecule has 0 spiro atoms. The third kappa shape index (κ3) is 5.83. The van der Waals surface area contributed by atoms with Gasteiger partial charge < -0.3 is 15.5 Å². The molecular weight excluding hydrogens is 451 g/mol. The predicted molar refractivity (Wildman–Crippen MR) is 122 cm³/mol. The van der Waals surface area contributed by atoms with Crippen LogP contribution >= 0.6 is 24.0 Å². The van der Waals surface area contributed by atoms with Crippen molar-refractivity contribution in [1.29, 1.82) is 0 Å². The number of nitrogens with zero attached hydrogens (tertiary/aromatic N) is 2. The number of aliphatic imine (C=N–C) groups is 1. The Balaban J connectivity index is 0.00000261. The lowest BCUT2D eigenvalue weighted by Crippen LogP contribution is -2.38. The van der Waals surface area contributed by atoms with Crippen molar-refractivity contribution >= 4 is 35.8 Å². The molecule has 0 radical (unpaired) electrons. The van der Waals surface area contributed by atoms with Gasteiger partial charge in [-0.05, 0) is 61.1 Å². The lowest BCUT2D eigenvalue weighted by atomic mass is 9.86. The van der Waals surface area contributed by atoms with Crippen LogP contribution in [0.1, 0.15) is 48.0 Å². The lowest BCUT2D eigenvalue weighted by molar-refractivity contribution is 0.0827. The first-order valence-corrected chi connectivity index (χ1v) is 9.82. The Bertz CT molecular complexity index is 644. The Labute approximate surface area is 180 Å². The summed E-state index contributed by atoms with van der Waals surface area (Å²) in [5.74, 6) is 3.80. The summed E-state index contributed by atoms with van der Waals surface area (Å²) in [7, 11) is 5.35. The largest absolute Gasteiger partial charge is 0.356 e. The number of carbonyl (C=O) groups excluding carboxylic acids is 1. The van der Waals surface area contributed by atoms with Gasteiger partial charge >= 0.3 is 0 Å². The molecule has 2 aliphatic carbocycles. The molecule has 0 saturated heterocycles. The number of halogens is 1. The van der Waals surface area contributed by atoms with Gasteiger partial charge in [0.15, 0.2) is 5.96 Å². The van der Waals surface area contributed by atoms with Gasteiger partial charge in [-0.25, -0.2) is 0 Å². The molecule has 2 N–H and O–H groups in total. The van der Waals surface area contributed by atoms with E-state index in [2.05, 4.69) is 15.6 Å². The summed E-state index contributed by atoms with van der Waals surface area (Å²) < 4.78 is 0. The summed E-state index contributed by atoms with van der Waals surface area (Å²) in [4.78, 5) is 17.8. The number of guanidine groups is 1. The van der Waals surface area contributed by atoms with Gasteiger partial charge in [-0.15, -0.1) is 24.0 Å². The van der Waals surface area contributed by atoms with Crippen molar-refractivity contribution in [2.24, 2.45) is 22.7 Å². The number of amides is 1. The molecule has 2 fully saturated rings. The first-order valence-electron chi connectivity index (χ1n) is 9.82. The maximum atomic E-state index is 11.9. The third-order valence-electron chi connectivity index (χ3n) is 5.98. The molecule has 5 nitrogen and oxygen atoms in total. The molecule has 6 heteroatoms. The Morgan fingerprint density at radius 3 is 2.44 bits per heavy atom. The van der Waals surface area contributed by atoms with Crippen LogP contribution in [0.4, 0.5) is 0 Å². The summed E-state index contributed by atoms with van der Waals surface area (Å²) in [6, 6.07) is 7.74. The Hall–Kier alpha value is -1.31. The molecule has 0 aliphatic heterocycles. The summed E-state index contributed by atoms with van der Waals surface area (Å²) in [5, 5.41) is 6.81. The van der Waals surface area contributed by atoms with Crippen molar-refractivity contribution < 1.29 is 4.79 Å². The maximum Gasteiger partial charge on any atom is 0.253 e. The molecule has 27 heavy (non-hydrogen) atoms. The molecule has 1 aromatic rings. The van der Waals surface area contributed by atoms with Gasteiger partial charge in [0.1, 0.15) is 0 Å². The molecule has 2 bridgehead atoms. The van der Waals surface area contributed by atoms with Crippen LogP contribution in [0.5, 0.6) is 0 Å². The van der Waals surface area contributed by atoms with Gasteiger partial charge in [-0.3, -0.25) is 9.79 Å². The summed E-state index contributed by atoms with van der Waals surface area (Å²) >= 11 is 0. The molecule has 3 unspecified atom stereocenters. The number of nitrogens with one attached hydrogen (secondary N) is 2. The minimum absolute atomic E-state index is 0. The Kier molecular flexibility index (Phi) is 8.38. The van der Waals surface area contributed by atoms with Crippen LogP contribution in [0, 0.1) is 17.8 Å². The number of carbonyl (C=O) groups is 1. The molecule has 150 valence electrons. The van der Waals surface area contributed by atoms with E-state index in [-0.39, 0.29) is 29.9 Å². The van der Waals surface area contributed by atoms with Crippen LogP contribution in [0.2, 0.25) is 0 Å². The molecule has 1 amide bonds. The van der Waals surface area contributed by atoms with Crippen molar-refractivity contribution in [3.63, 3.8) is 0 Å². The van der Waals surface area contributed by atoms with Crippen LogP contribution < -0.4 is 10.6 Å². The molecule has 2 saturated carbocycles. The van der Waals surface area contributed by atoms with E-state index in [0.29, 0.717) is 12.1 Å². The minimum atomic E-state index is 0. The normalized spacial score (nSPS) is 23.7.